The Bertz CT molecular complexity index is 841. The molecule has 0 bridgehead atoms. The number of unbranched alkanes of at least 4 members (excludes halogenated alkanes) is 1. The molecular formula is C28H45N3O4. The summed E-state index contributed by atoms with van der Waals surface area (Å²) < 4.78 is 5.43. The van der Waals surface area contributed by atoms with E-state index in [1.54, 1.807) is 25.7 Å². The quantitative estimate of drug-likeness (QED) is 0.423. The lowest BCUT2D eigenvalue weighted by Crippen LogP contribution is -2.58. The number of ether oxygens (including phenoxy) is 1. The fourth-order valence-electron chi connectivity index (χ4n) is 4.15. The molecule has 0 saturated heterocycles. The Kier molecular flexibility index (Phi) is 10.6. The molecule has 0 aliphatic heterocycles. The standard InChI is InChI=1S/C28H45N3O4/c1-8-10-18-29-25(32)24(21-16-14-20(9-2)15-17-21)31(22-12-11-13-22)26(33)23(19(3)4)30-27(34)35-28(5,6)7/h14-17,19,22-24H,8-13,18H2,1-7H3,(H,29,32)(H,30,34). The van der Waals surface area contributed by atoms with E-state index in [2.05, 4.69) is 24.5 Å². The van der Waals surface area contributed by atoms with Crippen molar-refractivity contribution < 1.29 is 19.1 Å². The summed E-state index contributed by atoms with van der Waals surface area (Å²) in [6.07, 6.45) is 4.81. The van der Waals surface area contributed by atoms with Gasteiger partial charge in [-0.1, -0.05) is 58.4 Å². The fraction of sp³-hybridized carbons (Fsp3) is 0.679. The van der Waals surface area contributed by atoms with Gasteiger partial charge in [0, 0.05) is 12.6 Å². The summed E-state index contributed by atoms with van der Waals surface area (Å²) in [7, 11) is 0. The molecule has 1 saturated carbocycles. The predicted octanol–water partition coefficient (Wildman–Crippen LogP) is 5.14. The number of carbonyl (C=O) groups is 3. The number of hydrogen-bond donors (Lipinski definition) is 2. The normalized spacial score (nSPS) is 15.7. The van der Waals surface area contributed by atoms with Crippen molar-refractivity contribution in [1.82, 2.24) is 15.5 Å². The second-order valence-corrected chi connectivity index (χ2v) is 10.8. The van der Waals surface area contributed by atoms with Crippen molar-refractivity contribution in [2.24, 2.45) is 5.92 Å². The largest absolute Gasteiger partial charge is 0.444 e. The monoisotopic (exact) mass is 487 g/mol. The first kappa shape index (κ1) is 28.7. The van der Waals surface area contributed by atoms with Crippen molar-refractivity contribution in [3.05, 3.63) is 35.4 Å². The SMILES string of the molecule is CCCCNC(=O)C(c1ccc(CC)cc1)N(C(=O)C(NC(=O)OC(C)(C)C)C(C)C)C1CCC1. The van der Waals surface area contributed by atoms with Gasteiger partial charge in [0.15, 0.2) is 0 Å². The molecule has 1 aliphatic carbocycles. The van der Waals surface area contributed by atoms with Crippen LogP contribution in [0, 0.1) is 5.92 Å². The highest BCUT2D eigenvalue weighted by molar-refractivity contribution is 5.92. The van der Waals surface area contributed by atoms with E-state index in [1.807, 2.05) is 38.1 Å². The first-order valence-electron chi connectivity index (χ1n) is 13.2. The predicted molar refractivity (Wildman–Crippen MR) is 139 cm³/mol. The molecule has 2 N–H and O–H groups in total. The molecule has 1 aliphatic rings. The van der Waals surface area contributed by atoms with Gasteiger partial charge in [0.1, 0.15) is 17.7 Å². The molecule has 0 aromatic heterocycles. The summed E-state index contributed by atoms with van der Waals surface area (Å²) in [6, 6.07) is 6.34. The third-order valence-corrected chi connectivity index (χ3v) is 6.39. The number of aryl methyl sites for hydroxylation is 1. The van der Waals surface area contributed by atoms with Crippen molar-refractivity contribution in [3.63, 3.8) is 0 Å². The number of hydrogen-bond acceptors (Lipinski definition) is 4. The van der Waals surface area contributed by atoms with Crippen LogP contribution >= 0.6 is 0 Å². The zero-order valence-electron chi connectivity index (χ0n) is 22.6. The van der Waals surface area contributed by atoms with Crippen LogP contribution in [0.4, 0.5) is 4.79 Å². The summed E-state index contributed by atoms with van der Waals surface area (Å²) in [5.74, 6) is -0.600. The minimum absolute atomic E-state index is 0.0445. The van der Waals surface area contributed by atoms with Crippen LogP contribution in [0.1, 0.15) is 97.7 Å². The summed E-state index contributed by atoms with van der Waals surface area (Å²) in [5.41, 5.74) is 1.29. The second kappa shape index (κ2) is 12.9. The van der Waals surface area contributed by atoms with E-state index < -0.39 is 23.8 Å². The lowest BCUT2D eigenvalue weighted by molar-refractivity contribution is -0.148. The maximum absolute atomic E-state index is 14.1. The van der Waals surface area contributed by atoms with Crippen molar-refractivity contribution >= 4 is 17.9 Å². The Hall–Kier alpha value is -2.57. The molecule has 0 radical (unpaired) electrons. The highest BCUT2D eigenvalue weighted by Crippen LogP contribution is 2.34. The third-order valence-electron chi connectivity index (χ3n) is 6.39. The molecule has 7 nitrogen and oxygen atoms in total. The van der Waals surface area contributed by atoms with Crippen molar-refractivity contribution in [2.75, 3.05) is 6.54 Å². The molecule has 0 spiro atoms. The lowest BCUT2D eigenvalue weighted by atomic mass is 9.87. The minimum atomic E-state index is -0.800. The number of alkyl carbamates (subject to hydrolysis) is 1. The van der Waals surface area contributed by atoms with E-state index in [9.17, 15) is 14.4 Å². The zero-order valence-corrected chi connectivity index (χ0v) is 22.6. The lowest BCUT2D eigenvalue weighted by Gasteiger charge is -2.44. The highest BCUT2D eigenvalue weighted by atomic mass is 16.6. The molecule has 7 heteroatoms. The van der Waals surface area contributed by atoms with Gasteiger partial charge in [0.2, 0.25) is 11.8 Å². The van der Waals surface area contributed by atoms with E-state index in [0.29, 0.717) is 6.54 Å². The van der Waals surface area contributed by atoms with Gasteiger partial charge < -0.3 is 20.3 Å². The van der Waals surface area contributed by atoms with Crippen molar-refractivity contribution in [2.45, 2.75) is 111 Å². The van der Waals surface area contributed by atoms with E-state index in [-0.39, 0.29) is 23.8 Å². The minimum Gasteiger partial charge on any atom is -0.444 e. The maximum Gasteiger partial charge on any atom is 0.408 e. The Morgan fingerprint density at radius 1 is 1.09 bits per heavy atom. The molecular weight excluding hydrogens is 442 g/mol. The first-order valence-corrected chi connectivity index (χ1v) is 13.2. The summed E-state index contributed by atoms with van der Waals surface area (Å²) in [6.45, 7) is 13.9. The summed E-state index contributed by atoms with van der Waals surface area (Å²) >= 11 is 0. The van der Waals surface area contributed by atoms with E-state index in [0.717, 1.165) is 44.1 Å². The van der Waals surface area contributed by atoms with Crippen LogP contribution < -0.4 is 10.6 Å². The molecule has 2 rings (SSSR count). The van der Waals surface area contributed by atoms with Gasteiger partial charge in [-0.2, -0.15) is 0 Å². The van der Waals surface area contributed by atoms with Crippen LogP contribution in [0.5, 0.6) is 0 Å². The van der Waals surface area contributed by atoms with Crippen LogP contribution in [0.15, 0.2) is 24.3 Å². The summed E-state index contributed by atoms with van der Waals surface area (Å²) in [4.78, 5) is 41.9. The Morgan fingerprint density at radius 2 is 1.71 bits per heavy atom. The second-order valence-electron chi connectivity index (χ2n) is 10.8. The molecule has 35 heavy (non-hydrogen) atoms. The van der Waals surface area contributed by atoms with Crippen LogP contribution in [-0.2, 0) is 20.7 Å². The Labute approximate surface area is 211 Å². The molecule has 3 amide bonds. The maximum atomic E-state index is 14.1. The number of benzene rings is 1. The van der Waals surface area contributed by atoms with E-state index >= 15 is 0 Å². The number of nitrogens with zero attached hydrogens (tertiary/aromatic N) is 1. The third kappa shape index (κ3) is 8.25. The van der Waals surface area contributed by atoms with Gasteiger partial charge in [0.25, 0.3) is 0 Å². The average Bonchev–Trinajstić information content (AvgIpc) is 2.74. The molecule has 196 valence electrons. The van der Waals surface area contributed by atoms with Gasteiger partial charge >= 0.3 is 6.09 Å². The van der Waals surface area contributed by atoms with Gasteiger partial charge in [-0.05, 0) is 69.9 Å². The number of carbonyl (C=O) groups excluding carboxylic acids is 3. The van der Waals surface area contributed by atoms with Crippen LogP contribution in [0.3, 0.4) is 0 Å². The molecule has 0 heterocycles. The Morgan fingerprint density at radius 3 is 2.17 bits per heavy atom. The van der Waals surface area contributed by atoms with Crippen LogP contribution in [0.2, 0.25) is 0 Å². The van der Waals surface area contributed by atoms with Crippen molar-refractivity contribution in [3.8, 4) is 0 Å². The van der Waals surface area contributed by atoms with Crippen LogP contribution in [0.25, 0.3) is 0 Å². The summed E-state index contributed by atoms with van der Waals surface area (Å²) in [5, 5.41) is 5.83. The molecule has 1 fully saturated rings. The molecule has 1 aromatic rings. The van der Waals surface area contributed by atoms with Crippen LogP contribution in [-0.4, -0.2) is 47.0 Å². The fourth-order valence-corrected chi connectivity index (χ4v) is 4.15. The number of nitrogens with one attached hydrogen (secondary N) is 2. The number of rotatable bonds is 11. The van der Waals surface area contributed by atoms with E-state index in [1.165, 1.54) is 5.56 Å². The number of amides is 3. The Balaban J connectivity index is 2.43. The molecule has 1 aromatic carbocycles. The van der Waals surface area contributed by atoms with Gasteiger partial charge in [0.05, 0.1) is 0 Å². The molecule has 2 unspecified atom stereocenters. The van der Waals surface area contributed by atoms with Crippen molar-refractivity contribution in [1.29, 1.82) is 0 Å². The highest BCUT2D eigenvalue weighted by Gasteiger charge is 2.42. The van der Waals surface area contributed by atoms with Gasteiger partial charge in [-0.3, -0.25) is 9.59 Å². The van der Waals surface area contributed by atoms with E-state index in [4.69, 9.17) is 4.74 Å². The topological polar surface area (TPSA) is 87.7 Å². The molecule has 2 atom stereocenters. The first-order chi connectivity index (χ1) is 16.5. The van der Waals surface area contributed by atoms with Gasteiger partial charge in [-0.25, -0.2) is 4.79 Å². The van der Waals surface area contributed by atoms with Gasteiger partial charge in [-0.15, -0.1) is 0 Å². The average molecular weight is 488 g/mol. The zero-order chi connectivity index (χ0) is 26.2. The smallest absolute Gasteiger partial charge is 0.408 e.